The molecule has 11 heteroatoms. The van der Waals surface area contributed by atoms with Gasteiger partial charge in [0.25, 0.3) is 5.91 Å². The van der Waals surface area contributed by atoms with Crippen molar-refractivity contribution in [2.24, 2.45) is 17.6 Å². The van der Waals surface area contributed by atoms with Crippen LogP contribution in [0.3, 0.4) is 0 Å². The summed E-state index contributed by atoms with van der Waals surface area (Å²) in [4.78, 5) is 50.6. The molecule has 6 rings (SSSR count). The molecule has 0 saturated carbocycles. The summed E-state index contributed by atoms with van der Waals surface area (Å²) in [5, 5.41) is 0.736. The van der Waals surface area contributed by atoms with Gasteiger partial charge < -0.3 is 15.5 Å². The molecule has 2 N–H and O–H groups in total. The highest BCUT2D eigenvalue weighted by molar-refractivity contribution is 9.10. The Labute approximate surface area is 279 Å². The van der Waals surface area contributed by atoms with E-state index in [2.05, 4.69) is 49.0 Å². The summed E-state index contributed by atoms with van der Waals surface area (Å²) in [6, 6.07) is 7.78. The van der Waals surface area contributed by atoms with Crippen molar-refractivity contribution < 1.29 is 14.4 Å². The monoisotopic (exact) mass is 741 g/mol. The molecule has 230 valence electrons. The van der Waals surface area contributed by atoms with E-state index in [-0.39, 0.29) is 29.2 Å². The van der Waals surface area contributed by atoms with Crippen LogP contribution >= 0.6 is 43.5 Å². The molecule has 3 amide bonds. The van der Waals surface area contributed by atoms with Crippen LogP contribution < -0.4 is 5.73 Å². The third-order valence-electron chi connectivity index (χ3n) is 9.42. The number of hydrogen-bond donors (Lipinski definition) is 1. The fraction of sp³-hybridized carbons (Fsp3) is 0.424. The Morgan fingerprint density at radius 3 is 2.27 bits per heavy atom. The number of piperidine rings is 2. The van der Waals surface area contributed by atoms with Crippen molar-refractivity contribution in [1.82, 2.24) is 19.8 Å². The van der Waals surface area contributed by atoms with Crippen LogP contribution in [0.2, 0.25) is 5.02 Å². The molecule has 44 heavy (non-hydrogen) atoms. The Morgan fingerprint density at radius 1 is 0.864 bits per heavy atom. The predicted molar refractivity (Wildman–Crippen MR) is 176 cm³/mol. The zero-order valence-corrected chi connectivity index (χ0v) is 28.2. The van der Waals surface area contributed by atoms with Crippen molar-refractivity contribution in [2.45, 2.75) is 50.9 Å². The maximum Gasteiger partial charge on any atom is 0.255 e. The number of aromatic nitrogens is 2. The molecule has 2 aliphatic heterocycles. The van der Waals surface area contributed by atoms with E-state index < -0.39 is 5.91 Å². The number of likely N-dealkylation sites (tertiary alicyclic amines) is 2. The van der Waals surface area contributed by atoms with Gasteiger partial charge in [0, 0.05) is 71.1 Å². The van der Waals surface area contributed by atoms with E-state index in [1.165, 1.54) is 35.2 Å². The summed E-state index contributed by atoms with van der Waals surface area (Å²) >= 11 is 13.9. The lowest BCUT2D eigenvalue weighted by atomic mass is 9.76. The third-order valence-corrected chi connectivity index (χ3v) is 10.7. The van der Waals surface area contributed by atoms with E-state index in [0.29, 0.717) is 31.0 Å². The normalized spacial score (nSPS) is 19.2. The molecule has 0 bridgehead atoms. The molecule has 1 aromatic carbocycles. The lowest BCUT2D eigenvalue weighted by molar-refractivity contribution is -0.134. The van der Waals surface area contributed by atoms with Crippen molar-refractivity contribution in [3.8, 4) is 0 Å². The number of hydrogen-bond acceptors (Lipinski definition) is 5. The highest BCUT2D eigenvalue weighted by atomic mass is 79.9. The first kappa shape index (κ1) is 31.2. The first-order valence-corrected chi connectivity index (χ1v) is 17.1. The van der Waals surface area contributed by atoms with Crippen LogP contribution in [0, 0.1) is 11.8 Å². The summed E-state index contributed by atoms with van der Waals surface area (Å²) in [6.45, 7) is 2.60. The molecular formula is C33H34Br2ClN5O3. The average Bonchev–Trinajstić information content (AvgIpc) is 3.18. The number of benzene rings is 1. The molecule has 8 nitrogen and oxygen atoms in total. The van der Waals surface area contributed by atoms with Gasteiger partial charge in [-0.1, -0.05) is 27.5 Å². The largest absolute Gasteiger partial charge is 0.366 e. The smallest absolute Gasteiger partial charge is 0.255 e. The number of pyridine rings is 2. The number of amides is 3. The lowest BCUT2D eigenvalue weighted by Crippen LogP contribution is -2.43. The van der Waals surface area contributed by atoms with Gasteiger partial charge in [-0.3, -0.25) is 24.4 Å². The maximum absolute atomic E-state index is 13.4. The fourth-order valence-electron chi connectivity index (χ4n) is 7.10. The molecule has 0 spiro atoms. The van der Waals surface area contributed by atoms with Crippen LogP contribution in [-0.2, 0) is 17.6 Å². The molecule has 1 atom stereocenters. The molecular weight excluding hydrogens is 710 g/mol. The van der Waals surface area contributed by atoms with Crippen LogP contribution in [0.4, 0.5) is 0 Å². The topological polar surface area (TPSA) is 109 Å². The van der Waals surface area contributed by atoms with Gasteiger partial charge in [-0.05, 0) is 107 Å². The second-order valence-electron chi connectivity index (χ2n) is 12.1. The number of halogens is 3. The van der Waals surface area contributed by atoms with Gasteiger partial charge >= 0.3 is 0 Å². The van der Waals surface area contributed by atoms with Crippen LogP contribution in [0.15, 0.2) is 51.8 Å². The lowest BCUT2D eigenvalue weighted by Gasteiger charge is -2.38. The van der Waals surface area contributed by atoms with Gasteiger partial charge in [0.05, 0.1) is 16.8 Å². The second kappa shape index (κ2) is 13.3. The first-order valence-electron chi connectivity index (χ1n) is 15.1. The van der Waals surface area contributed by atoms with E-state index in [1.807, 2.05) is 17.2 Å². The number of fused-ring (bicyclic) bond motifs is 2. The maximum atomic E-state index is 13.4. The molecule has 4 heterocycles. The molecule has 0 radical (unpaired) electrons. The Morgan fingerprint density at radius 2 is 1.55 bits per heavy atom. The summed E-state index contributed by atoms with van der Waals surface area (Å²) in [7, 11) is 0. The summed E-state index contributed by atoms with van der Waals surface area (Å²) in [5.74, 6) is 0.161. The Bertz CT molecular complexity index is 1600. The molecule has 0 unspecified atom stereocenters. The third kappa shape index (κ3) is 6.58. The fourth-order valence-corrected chi connectivity index (χ4v) is 8.60. The molecule has 2 fully saturated rings. The van der Waals surface area contributed by atoms with Gasteiger partial charge in [-0.2, -0.15) is 0 Å². The van der Waals surface area contributed by atoms with Crippen LogP contribution in [-0.4, -0.2) is 63.7 Å². The van der Waals surface area contributed by atoms with Gasteiger partial charge in [0.15, 0.2) is 0 Å². The molecule has 3 aliphatic rings. The van der Waals surface area contributed by atoms with Crippen molar-refractivity contribution in [2.75, 3.05) is 26.2 Å². The second-order valence-corrected chi connectivity index (χ2v) is 14.3. The quantitative estimate of drug-likeness (QED) is 0.337. The van der Waals surface area contributed by atoms with E-state index in [1.54, 1.807) is 4.90 Å². The minimum atomic E-state index is -0.611. The molecule has 3 aromatic rings. The van der Waals surface area contributed by atoms with Crippen molar-refractivity contribution in [3.05, 3.63) is 90.3 Å². The summed E-state index contributed by atoms with van der Waals surface area (Å²) < 4.78 is 2.02. The van der Waals surface area contributed by atoms with Gasteiger partial charge in [0.1, 0.15) is 0 Å². The number of carbonyl (C=O) groups excluding carboxylic acids is 3. The van der Waals surface area contributed by atoms with E-state index >= 15 is 0 Å². The van der Waals surface area contributed by atoms with E-state index in [9.17, 15) is 14.4 Å². The molecule has 1 aliphatic carbocycles. The molecule has 2 aromatic heterocycles. The number of nitrogens with two attached hydrogens (primary N) is 1. The van der Waals surface area contributed by atoms with Crippen molar-refractivity contribution in [1.29, 1.82) is 0 Å². The minimum absolute atomic E-state index is 0.139. The van der Waals surface area contributed by atoms with Gasteiger partial charge in [-0.25, -0.2) is 0 Å². The van der Waals surface area contributed by atoms with Crippen molar-refractivity contribution in [3.63, 3.8) is 0 Å². The Hall–Kier alpha value is -2.82. The average molecular weight is 744 g/mol. The van der Waals surface area contributed by atoms with Gasteiger partial charge in [0.2, 0.25) is 11.8 Å². The minimum Gasteiger partial charge on any atom is -0.366 e. The SMILES string of the molecule is NC(=O)c1cncc(C(=O)N2CCC(CC(=O)N3CCC([C@H]4c5ncc(Br)cc5CCc5cc(Cl)cc(Br)c54)CC3)CC2)c1. The summed E-state index contributed by atoms with van der Waals surface area (Å²) in [6.07, 6.45) is 10.4. The Kier molecular flexibility index (Phi) is 9.40. The van der Waals surface area contributed by atoms with Crippen LogP contribution in [0.5, 0.6) is 0 Å². The Balaban J connectivity index is 1.08. The predicted octanol–water partition coefficient (Wildman–Crippen LogP) is 6.17. The molecule has 2 saturated heterocycles. The number of carbonyl (C=O) groups is 3. The number of nitrogens with zero attached hydrogens (tertiary/aromatic N) is 4. The van der Waals surface area contributed by atoms with Crippen LogP contribution in [0.1, 0.15) is 81.1 Å². The van der Waals surface area contributed by atoms with Crippen LogP contribution in [0.25, 0.3) is 0 Å². The highest BCUT2D eigenvalue weighted by Gasteiger charge is 2.37. The number of primary amides is 1. The zero-order valence-electron chi connectivity index (χ0n) is 24.3. The summed E-state index contributed by atoms with van der Waals surface area (Å²) in [5.41, 5.74) is 10.9. The van der Waals surface area contributed by atoms with E-state index in [0.717, 1.165) is 71.3 Å². The number of rotatable bonds is 5. The van der Waals surface area contributed by atoms with E-state index in [4.69, 9.17) is 22.3 Å². The first-order chi connectivity index (χ1) is 21.2. The van der Waals surface area contributed by atoms with Crippen molar-refractivity contribution >= 4 is 61.2 Å². The van der Waals surface area contributed by atoms with Gasteiger partial charge in [-0.15, -0.1) is 0 Å². The standard InChI is InChI=1S/C33H34Br2ClN5O3/c34-25-13-22-2-1-21-14-26(36)15-27(35)29(21)30(31(22)39-18-25)20-5-9-40(10-6-20)28(42)11-19-3-7-41(8-4-19)33(44)24-12-23(32(37)43)16-38-17-24/h12-20,30H,1-11H2,(H2,37,43)/t30-/m1/s1. The highest BCUT2D eigenvalue weighted by Crippen LogP contribution is 2.46. The number of aryl methyl sites for hydroxylation is 2. The zero-order chi connectivity index (χ0) is 31.0.